The summed E-state index contributed by atoms with van der Waals surface area (Å²) in [6, 6.07) is -0.157. The van der Waals surface area contributed by atoms with Gasteiger partial charge in [0.15, 0.2) is 0 Å². The van der Waals surface area contributed by atoms with Gasteiger partial charge in [-0.05, 0) is 83.2 Å². The van der Waals surface area contributed by atoms with Gasteiger partial charge >= 0.3 is 0 Å². The fraction of sp³-hybridized carbons (Fsp3) is 0.913. The first kappa shape index (κ1) is 24.2. The second-order valence-corrected chi connectivity index (χ2v) is 11.1. The fourth-order valence-corrected chi connectivity index (χ4v) is 6.27. The van der Waals surface area contributed by atoms with Crippen LogP contribution in [0.5, 0.6) is 0 Å². The first-order chi connectivity index (χ1) is 15.3. The molecular weight excluding hydrogens is 435 g/mol. The molecule has 2 amide bonds. The second kappa shape index (κ2) is 10.1. The van der Waals surface area contributed by atoms with Crippen LogP contribution in [0, 0.1) is 5.92 Å². The van der Waals surface area contributed by atoms with E-state index in [4.69, 9.17) is 22.1 Å². The molecule has 5 atom stereocenters. The third kappa shape index (κ3) is 5.57. The number of nitrogens with one attached hydrogen (secondary N) is 3. The maximum atomic E-state index is 13.8. The zero-order chi connectivity index (χ0) is 22.8. The van der Waals surface area contributed by atoms with Crippen molar-refractivity contribution in [3.05, 3.63) is 0 Å². The lowest BCUT2D eigenvalue weighted by molar-refractivity contribution is -0.134. The molecule has 7 nitrogen and oxygen atoms in total. The zero-order valence-corrected chi connectivity index (χ0v) is 19.6. The number of ether oxygens (including phenoxy) is 1. The Hall–Kier alpha value is -0.960. The number of carbonyl (C=O) groups excluding carboxylic acids is 2. The third-order valence-electron chi connectivity index (χ3n) is 8.30. The molecular formula is C23H38ClFN4O3. The highest BCUT2D eigenvalue weighted by Gasteiger charge is 2.50. The summed E-state index contributed by atoms with van der Waals surface area (Å²) in [5.41, 5.74) is 5.44. The van der Waals surface area contributed by atoms with Crippen molar-refractivity contribution in [3.8, 4) is 0 Å². The molecule has 0 radical (unpaired) electrons. The van der Waals surface area contributed by atoms with Gasteiger partial charge in [-0.25, -0.2) is 4.39 Å². The molecule has 182 valence electrons. The standard InChI is InChI=1S/C23H38ClFN4O3/c24-17-2-1-16(12-18(17)25)32-14-20(30)28-22-4-7-23(8-5-22,9-6-22)29-21(31)19-11-15(13-26)3-10-27-19/h15-19,27H,1-14,26H2,(H,28,30)(H,29,31). The van der Waals surface area contributed by atoms with E-state index in [9.17, 15) is 14.0 Å². The van der Waals surface area contributed by atoms with E-state index in [0.29, 0.717) is 25.3 Å². The van der Waals surface area contributed by atoms with Crippen LogP contribution in [0.2, 0.25) is 0 Å². The van der Waals surface area contributed by atoms with Crippen molar-refractivity contribution in [1.29, 1.82) is 0 Å². The maximum absolute atomic E-state index is 13.8. The van der Waals surface area contributed by atoms with Crippen molar-refractivity contribution in [2.24, 2.45) is 11.7 Å². The molecule has 9 heteroatoms. The maximum Gasteiger partial charge on any atom is 0.246 e. The van der Waals surface area contributed by atoms with E-state index < -0.39 is 11.5 Å². The summed E-state index contributed by atoms with van der Waals surface area (Å²) >= 11 is 5.92. The van der Waals surface area contributed by atoms with Crippen molar-refractivity contribution >= 4 is 23.4 Å². The van der Waals surface area contributed by atoms with E-state index in [-0.39, 0.29) is 48.1 Å². The molecule has 1 heterocycles. The molecule has 0 aromatic rings. The van der Waals surface area contributed by atoms with Gasteiger partial charge in [0, 0.05) is 17.5 Å². The third-order valence-corrected chi connectivity index (χ3v) is 8.79. The van der Waals surface area contributed by atoms with Gasteiger partial charge in [0.1, 0.15) is 12.8 Å². The Morgan fingerprint density at radius 3 is 2.31 bits per heavy atom. The van der Waals surface area contributed by atoms with E-state index in [1.807, 2.05) is 0 Å². The van der Waals surface area contributed by atoms with Gasteiger partial charge in [0.25, 0.3) is 0 Å². The van der Waals surface area contributed by atoms with Gasteiger partial charge in [-0.15, -0.1) is 11.6 Å². The molecule has 1 saturated heterocycles. The number of alkyl halides is 2. The number of halogens is 2. The summed E-state index contributed by atoms with van der Waals surface area (Å²) in [4.78, 5) is 25.5. The van der Waals surface area contributed by atoms with Crippen molar-refractivity contribution in [3.63, 3.8) is 0 Å². The smallest absolute Gasteiger partial charge is 0.246 e. The van der Waals surface area contributed by atoms with E-state index in [1.54, 1.807) is 0 Å². The van der Waals surface area contributed by atoms with E-state index >= 15 is 0 Å². The number of carbonyl (C=O) groups is 2. The van der Waals surface area contributed by atoms with Crippen molar-refractivity contribution < 1.29 is 18.7 Å². The van der Waals surface area contributed by atoms with Crippen LogP contribution in [0.1, 0.15) is 70.6 Å². The van der Waals surface area contributed by atoms with Gasteiger partial charge < -0.3 is 26.4 Å². The van der Waals surface area contributed by atoms with Crippen LogP contribution in [-0.4, -0.2) is 66.3 Å². The minimum absolute atomic E-state index is 0.0381. The molecule has 5 unspecified atom stereocenters. The first-order valence-electron chi connectivity index (χ1n) is 12.3. The minimum atomic E-state index is -1.07. The Morgan fingerprint density at radius 2 is 1.69 bits per heavy atom. The predicted octanol–water partition coefficient (Wildman–Crippen LogP) is 1.91. The summed E-state index contributed by atoms with van der Waals surface area (Å²) in [5.74, 6) is 0.368. The first-order valence-corrected chi connectivity index (χ1v) is 12.7. The average Bonchev–Trinajstić information content (AvgIpc) is 2.81. The molecule has 4 saturated carbocycles. The molecule has 0 spiro atoms. The van der Waals surface area contributed by atoms with Crippen LogP contribution >= 0.6 is 11.6 Å². The average molecular weight is 473 g/mol. The lowest BCUT2D eigenvalue weighted by atomic mass is 9.61. The number of fused-ring (bicyclic) bond motifs is 3. The monoisotopic (exact) mass is 472 g/mol. The van der Waals surface area contributed by atoms with Crippen molar-refractivity contribution in [2.45, 2.75) is 105 Å². The minimum Gasteiger partial charge on any atom is -0.368 e. The number of rotatable bonds is 7. The number of piperidine rings is 1. The van der Waals surface area contributed by atoms with Gasteiger partial charge in [-0.3, -0.25) is 9.59 Å². The molecule has 32 heavy (non-hydrogen) atoms. The van der Waals surface area contributed by atoms with Gasteiger partial charge in [0.05, 0.1) is 17.5 Å². The van der Waals surface area contributed by atoms with Crippen LogP contribution in [0.4, 0.5) is 4.39 Å². The molecule has 5 fully saturated rings. The van der Waals surface area contributed by atoms with Gasteiger partial charge in [0.2, 0.25) is 11.8 Å². The molecule has 4 aliphatic carbocycles. The summed E-state index contributed by atoms with van der Waals surface area (Å²) in [7, 11) is 0. The quantitative estimate of drug-likeness (QED) is 0.423. The highest BCUT2D eigenvalue weighted by molar-refractivity contribution is 6.21. The molecule has 0 aromatic carbocycles. The Labute approximate surface area is 195 Å². The van der Waals surface area contributed by atoms with Gasteiger partial charge in [-0.2, -0.15) is 0 Å². The number of nitrogens with two attached hydrogens (primary N) is 1. The highest BCUT2D eigenvalue weighted by Crippen LogP contribution is 2.47. The lowest BCUT2D eigenvalue weighted by Crippen LogP contribution is -2.65. The van der Waals surface area contributed by atoms with Crippen LogP contribution in [0.3, 0.4) is 0 Å². The summed E-state index contributed by atoms with van der Waals surface area (Å²) < 4.78 is 19.5. The normalized spacial score (nSPS) is 41.8. The van der Waals surface area contributed by atoms with E-state index in [0.717, 1.165) is 57.9 Å². The van der Waals surface area contributed by atoms with Crippen LogP contribution < -0.4 is 21.7 Å². The topological polar surface area (TPSA) is 105 Å². The molecule has 2 bridgehead atoms. The number of hydrogen-bond acceptors (Lipinski definition) is 5. The van der Waals surface area contributed by atoms with Crippen LogP contribution in [0.15, 0.2) is 0 Å². The molecule has 5 aliphatic rings. The molecule has 1 aliphatic heterocycles. The van der Waals surface area contributed by atoms with Crippen LogP contribution in [-0.2, 0) is 14.3 Å². The molecule has 5 rings (SSSR count). The Bertz CT molecular complexity index is 672. The summed E-state index contributed by atoms with van der Waals surface area (Å²) in [6.45, 7) is 1.43. The summed E-state index contributed by atoms with van der Waals surface area (Å²) in [6.07, 6.45) is 7.23. The Balaban J connectivity index is 1.22. The second-order valence-electron chi connectivity index (χ2n) is 10.5. The largest absolute Gasteiger partial charge is 0.368 e. The number of hydrogen-bond donors (Lipinski definition) is 4. The zero-order valence-electron chi connectivity index (χ0n) is 18.8. The molecule has 0 aromatic heterocycles. The number of amides is 2. The van der Waals surface area contributed by atoms with E-state index in [2.05, 4.69) is 16.0 Å². The Kier molecular flexibility index (Phi) is 7.64. The van der Waals surface area contributed by atoms with Crippen molar-refractivity contribution in [1.82, 2.24) is 16.0 Å². The SMILES string of the molecule is NCC1CCNC(C(=O)NC23CCC(NC(=O)COC4CCC(Cl)C(F)C4)(CC2)CC3)C1. The van der Waals surface area contributed by atoms with Crippen molar-refractivity contribution in [2.75, 3.05) is 19.7 Å². The summed E-state index contributed by atoms with van der Waals surface area (Å²) in [5, 5.41) is 9.46. The highest BCUT2D eigenvalue weighted by atomic mass is 35.5. The van der Waals surface area contributed by atoms with Crippen LogP contribution in [0.25, 0.3) is 0 Å². The molecule has 5 N–H and O–H groups in total. The Morgan fingerprint density at radius 1 is 1.03 bits per heavy atom. The predicted molar refractivity (Wildman–Crippen MR) is 121 cm³/mol. The fourth-order valence-electron chi connectivity index (χ4n) is 6.04. The lowest BCUT2D eigenvalue weighted by Gasteiger charge is -2.54. The van der Waals surface area contributed by atoms with E-state index in [1.165, 1.54) is 0 Å². The van der Waals surface area contributed by atoms with Gasteiger partial charge in [-0.1, -0.05) is 0 Å².